The van der Waals surface area contributed by atoms with E-state index in [1.165, 1.54) is 14.2 Å². The summed E-state index contributed by atoms with van der Waals surface area (Å²) >= 11 is 0. The number of fused-ring (bicyclic) bond motifs is 1. The van der Waals surface area contributed by atoms with E-state index in [2.05, 4.69) is 10.3 Å². The highest BCUT2D eigenvalue weighted by atomic mass is 16.6. The van der Waals surface area contributed by atoms with Crippen molar-refractivity contribution < 1.29 is 24.0 Å². The van der Waals surface area contributed by atoms with Gasteiger partial charge in [-0.25, -0.2) is 15.1 Å². The summed E-state index contributed by atoms with van der Waals surface area (Å²) < 4.78 is 16.0. The van der Waals surface area contributed by atoms with Crippen LogP contribution in [0.3, 0.4) is 0 Å². The van der Waals surface area contributed by atoms with Crippen LogP contribution in [-0.4, -0.2) is 20.2 Å². The summed E-state index contributed by atoms with van der Waals surface area (Å²) in [6.45, 7) is 1.96. The van der Waals surface area contributed by atoms with Gasteiger partial charge in [-0.05, 0) is 31.2 Å². The maximum absolute atomic E-state index is 12.2. The maximum atomic E-state index is 12.2. The summed E-state index contributed by atoms with van der Waals surface area (Å²) in [5.41, 5.74) is 2.14. The molecule has 0 saturated carbocycles. The predicted octanol–water partition coefficient (Wildman–Crippen LogP) is 2.11. The van der Waals surface area contributed by atoms with Crippen molar-refractivity contribution in [2.75, 3.05) is 19.5 Å². The van der Waals surface area contributed by atoms with Gasteiger partial charge in [0.2, 0.25) is 0 Å². The smallest absolute Gasteiger partial charge is 0.346 e. The van der Waals surface area contributed by atoms with Crippen LogP contribution in [0.25, 0.3) is 0 Å². The summed E-state index contributed by atoms with van der Waals surface area (Å²) in [4.78, 5) is 15.3. The molecule has 1 atom stereocenters. The van der Waals surface area contributed by atoms with E-state index in [4.69, 9.17) is 14.2 Å². The molecule has 1 aromatic heterocycles. The highest BCUT2D eigenvalue weighted by Crippen LogP contribution is 2.41. The Hall–Kier alpha value is -2.76. The van der Waals surface area contributed by atoms with E-state index in [1.807, 2.05) is 25.3 Å². The normalized spacial score (nSPS) is 16.0. The third-order valence-corrected chi connectivity index (χ3v) is 3.63. The van der Waals surface area contributed by atoms with Gasteiger partial charge in [-0.15, -0.1) is 0 Å². The molecule has 2 aromatic rings. The molecule has 114 valence electrons. The number of benzene rings is 1. The number of esters is 1. The number of carbonyl (C=O) groups is 1. The van der Waals surface area contributed by atoms with Crippen molar-refractivity contribution in [3.63, 3.8) is 0 Å². The van der Waals surface area contributed by atoms with Crippen molar-refractivity contribution in [2.45, 2.75) is 13.2 Å². The average Bonchev–Trinajstić information content (AvgIpc) is 2.85. The largest absolute Gasteiger partial charge is 0.493 e. The number of carbonyl (C=O) groups excluding carboxylic acids is 1. The lowest BCUT2D eigenvalue weighted by molar-refractivity contribution is -0.362. The first kappa shape index (κ1) is 14.2. The second kappa shape index (κ2) is 5.55. The number of ether oxygens (including phenoxy) is 3. The predicted molar refractivity (Wildman–Crippen MR) is 79.1 cm³/mol. The average molecular weight is 301 g/mol. The van der Waals surface area contributed by atoms with Gasteiger partial charge in [-0.3, -0.25) is 0 Å². The molecule has 1 aliphatic rings. The highest BCUT2D eigenvalue weighted by Gasteiger charge is 2.38. The zero-order chi connectivity index (χ0) is 15.7. The monoisotopic (exact) mass is 301 g/mol. The zero-order valence-corrected chi connectivity index (χ0v) is 12.6. The molecular formula is C16H17N2O4+. The molecule has 1 aliphatic heterocycles. The Bertz CT molecular complexity index is 730. The third-order valence-electron chi connectivity index (χ3n) is 3.63. The van der Waals surface area contributed by atoms with Gasteiger partial charge in [-0.2, -0.15) is 0 Å². The zero-order valence-electron chi connectivity index (χ0n) is 12.6. The number of methoxy groups -OCH3 is 2. The quantitative estimate of drug-likeness (QED) is 0.876. The van der Waals surface area contributed by atoms with Gasteiger partial charge in [0.05, 0.1) is 26.0 Å². The van der Waals surface area contributed by atoms with Gasteiger partial charge >= 0.3 is 5.97 Å². The number of cyclic esters (lactones) is 1. The molecule has 0 aliphatic carbocycles. The molecule has 0 unspecified atom stereocenters. The molecule has 2 heterocycles. The number of H-pyrrole nitrogens is 1. The van der Waals surface area contributed by atoms with E-state index in [0.717, 1.165) is 16.9 Å². The molecule has 0 spiro atoms. The lowest BCUT2D eigenvalue weighted by atomic mass is 10.1. The minimum atomic E-state index is -0.570. The van der Waals surface area contributed by atoms with E-state index >= 15 is 0 Å². The topological polar surface area (TPSA) is 70.9 Å². The number of aromatic nitrogens is 1. The van der Waals surface area contributed by atoms with Crippen molar-refractivity contribution >= 4 is 11.8 Å². The Morgan fingerprint density at radius 3 is 2.73 bits per heavy atom. The Labute approximate surface area is 128 Å². The number of nitrogens with one attached hydrogen (secondary N) is 2. The Kier molecular flexibility index (Phi) is 3.58. The van der Waals surface area contributed by atoms with Crippen LogP contribution in [0.5, 0.6) is 11.5 Å². The summed E-state index contributed by atoms with van der Waals surface area (Å²) in [6.07, 6.45) is 1.24. The van der Waals surface area contributed by atoms with Crippen LogP contribution < -0.4 is 19.8 Å². The van der Waals surface area contributed by atoms with Gasteiger partial charge in [-0.1, -0.05) is 0 Å². The van der Waals surface area contributed by atoms with E-state index in [0.29, 0.717) is 17.1 Å². The van der Waals surface area contributed by atoms with Crippen molar-refractivity contribution in [1.29, 1.82) is 0 Å². The second-order valence-electron chi connectivity index (χ2n) is 4.92. The van der Waals surface area contributed by atoms with Crippen LogP contribution in [0.15, 0.2) is 30.5 Å². The standard InChI is InChI=1S/C16H16N2O4/c1-9-5-4-8-17-14(9)18-15-10-6-7-11(20-2)13(21-3)12(10)16(19)22-15/h4-8,15H,1-3H3,(H,17,18)/p+1/t15-/m0/s1. The van der Waals surface area contributed by atoms with E-state index in [1.54, 1.807) is 12.1 Å². The van der Waals surface area contributed by atoms with Crippen molar-refractivity contribution in [3.8, 4) is 11.5 Å². The van der Waals surface area contributed by atoms with E-state index < -0.39 is 12.2 Å². The first-order valence-electron chi connectivity index (χ1n) is 6.85. The number of hydrogen-bond donors (Lipinski definition) is 1. The molecular weight excluding hydrogens is 284 g/mol. The fourth-order valence-corrected chi connectivity index (χ4v) is 2.52. The first-order valence-corrected chi connectivity index (χ1v) is 6.85. The number of aryl methyl sites for hydroxylation is 1. The Balaban J connectivity index is 2.00. The van der Waals surface area contributed by atoms with Crippen LogP contribution in [0.1, 0.15) is 27.7 Å². The molecule has 6 nitrogen and oxygen atoms in total. The molecule has 0 fully saturated rings. The molecule has 6 heteroatoms. The van der Waals surface area contributed by atoms with Crippen LogP contribution >= 0.6 is 0 Å². The molecule has 2 N–H and O–H groups in total. The number of pyridine rings is 1. The lowest BCUT2D eigenvalue weighted by Gasteiger charge is -2.11. The number of anilines is 1. The highest BCUT2D eigenvalue weighted by molar-refractivity contribution is 5.98. The van der Waals surface area contributed by atoms with E-state index in [-0.39, 0.29) is 0 Å². The summed E-state index contributed by atoms with van der Waals surface area (Å²) in [5.74, 6) is 1.25. The van der Waals surface area contributed by atoms with Crippen molar-refractivity contribution in [1.82, 2.24) is 0 Å². The Morgan fingerprint density at radius 1 is 1.23 bits per heavy atom. The molecule has 1 aromatic carbocycles. The van der Waals surface area contributed by atoms with Crippen molar-refractivity contribution in [2.24, 2.45) is 0 Å². The SMILES string of the molecule is COc1ccc2c(c1OC)C(=O)O[C@@H]2Nc1[nH+]cccc1C. The third kappa shape index (κ3) is 2.22. The van der Waals surface area contributed by atoms with Crippen LogP contribution in [-0.2, 0) is 4.74 Å². The molecule has 0 bridgehead atoms. The first-order chi connectivity index (χ1) is 10.7. The summed E-state index contributed by atoms with van der Waals surface area (Å²) in [5, 5.41) is 3.19. The van der Waals surface area contributed by atoms with Crippen molar-refractivity contribution in [3.05, 3.63) is 47.2 Å². The molecule has 0 saturated heterocycles. The fraction of sp³-hybridized carbons (Fsp3) is 0.250. The van der Waals surface area contributed by atoms with E-state index in [9.17, 15) is 4.79 Å². The van der Waals surface area contributed by atoms with Crippen LogP contribution in [0.4, 0.5) is 5.82 Å². The minimum Gasteiger partial charge on any atom is -0.493 e. The molecule has 3 rings (SSSR count). The van der Waals surface area contributed by atoms with Gasteiger partial charge in [0, 0.05) is 5.56 Å². The molecule has 22 heavy (non-hydrogen) atoms. The van der Waals surface area contributed by atoms with Gasteiger partial charge in [0.1, 0.15) is 5.56 Å². The lowest BCUT2D eigenvalue weighted by Crippen LogP contribution is -2.19. The van der Waals surface area contributed by atoms with Gasteiger partial charge in [0.25, 0.3) is 12.0 Å². The Morgan fingerprint density at radius 2 is 2.05 bits per heavy atom. The fourth-order valence-electron chi connectivity index (χ4n) is 2.52. The second-order valence-corrected chi connectivity index (χ2v) is 4.92. The molecule has 0 amide bonds. The minimum absolute atomic E-state index is 0.392. The number of hydrogen-bond acceptors (Lipinski definition) is 5. The summed E-state index contributed by atoms with van der Waals surface area (Å²) in [6, 6.07) is 7.43. The number of aromatic amines is 1. The van der Waals surface area contributed by atoms with Gasteiger partial charge < -0.3 is 14.2 Å². The maximum Gasteiger partial charge on any atom is 0.346 e. The van der Waals surface area contributed by atoms with Gasteiger partial charge in [0.15, 0.2) is 11.5 Å². The van der Waals surface area contributed by atoms with Crippen LogP contribution in [0.2, 0.25) is 0 Å². The molecule has 0 radical (unpaired) electrons. The van der Waals surface area contributed by atoms with Crippen LogP contribution in [0, 0.1) is 6.92 Å². The summed E-state index contributed by atoms with van der Waals surface area (Å²) in [7, 11) is 3.03. The number of rotatable bonds is 4.